The number of ether oxygens (including phenoxy) is 1. The molecule has 3 aromatic rings. The molecule has 2 aromatic carbocycles. The number of hydrogen-bond acceptors (Lipinski definition) is 4. The number of aromatic nitrogens is 1. The summed E-state index contributed by atoms with van der Waals surface area (Å²) in [6.07, 6.45) is 1.36. The number of nitrogens with one attached hydrogen (secondary N) is 1. The lowest BCUT2D eigenvalue weighted by molar-refractivity contribution is 0.0697. The second kappa shape index (κ2) is 6.76. The van der Waals surface area contributed by atoms with Gasteiger partial charge in [-0.3, -0.25) is 4.98 Å². The van der Waals surface area contributed by atoms with E-state index in [-0.39, 0.29) is 5.56 Å². The summed E-state index contributed by atoms with van der Waals surface area (Å²) < 4.78 is 5.33. The Hall–Kier alpha value is -2.79. The summed E-state index contributed by atoms with van der Waals surface area (Å²) >= 11 is 6.13. The van der Waals surface area contributed by atoms with Crippen LogP contribution in [0.2, 0.25) is 5.02 Å². The van der Waals surface area contributed by atoms with Crippen LogP contribution >= 0.6 is 11.6 Å². The van der Waals surface area contributed by atoms with E-state index < -0.39 is 5.97 Å². The monoisotopic (exact) mass is 342 g/mol. The Morgan fingerprint density at radius 1 is 1.25 bits per heavy atom. The third kappa shape index (κ3) is 2.98. The van der Waals surface area contributed by atoms with Crippen molar-refractivity contribution >= 4 is 34.2 Å². The first-order chi connectivity index (χ1) is 11.6. The molecule has 0 bridgehead atoms. The molecule has 0 aliphatic rings. The first kappa shape index (κ1) is 16.1. The maximum absolute atomic E-state index is 11.5. The smallest absolute Gasteiger partial charge is 0.339 e. The third-order valence-corrected chi connectivity index (χ3v) is 4.01. The average molecular weight is 343 g/mol. The average Bonchev–Trinajstić information content (AvgIpc) is 2.59. The van der Waals surface area contributed by atoms with E-state index in [0.29, 0.717) is 23.0 Å². The first-order valence-corrected chi connectivity index (χ1v) is 7.66. The maximum Gasteiger partial charge on any atom is 0.339 e. The minimum atomic E-state index is -1.03. The number of rotatable bonds is 5. The molecular formula is C18H15ClN2O3. The fourth-order valence-electron chi connectivity index (χ4n) is 2.60. The van der Waals surface area contributed by atoms with Crippen molar-refractivity contribution in [3.8, 4) is 5.75 Å². The van der Waals surface area contributed by atoms with Crippen molar-refractivity contribution in [2.45, 2.75) is 6.54 Å². The van der Waals surface area contributed by atoms with E-state index in [0.717, 1.165) is 16.5 Å². The second-order valence-corrected chi connectivity index (χ2v) is 5.56. The predicted octanol–water partition coefficient (Wildman–Crippen LogP) is 4.21. The second-order valence-electron chi connectivity index (χ2n) is 5.15. The number of pyridine rings is 1. The molecule has 0 saturated heterocycles. The summed E-state index contributed by atoms with van der Waals surface area (Å²) in [7, 11) is 1.55. The van der Waals surface area contributed by atoms with E-state index in [1.54, 1.807) is 13.2 Å². The summed E-state index contributed by atoms with van der Waals surface area (Å²) in [6, 6.07) is 12.8. The van der Waals surface area contributed by atoms with Crippen LogP contribution in [0.5, 0.6) is 5.75 Å². The number of anilines is 1. The number of benzene rings is 2. The van der Waals surface area contributed by atoms with Crippen LogP contribution in [-0.4, -0.2) is 23.2 Å². The number of halogens is 1. The number of carboxylic acid groups (broad SMARTS) is 1. The fourth-order valence-corrected chi connectivity index (χ4v) is 2.87. The Bertz CT molecular complexity index is 912. The van der Waals surface area contributed by atoms with Gasteiger partial charge in [-0.2, -0.15) is 0 Å². The van der Waals surface area contributed by atoms with Crippen molar-refractivity contribution in [3.63, 3.8) is 0 Å². The number of hydrogen-bond donors (Lipinski definition) is 2. The van der Waals surface area contributed by atoms with Crippen LogP contribution < -0.4 is 10.1 Å². The summed E-state index contributed by atoms with van der Waals surface area (Å²) in [5, 5.41) is 13.9. The number of fused-ring (bicyclic) bond motifs is 1. The number of nitrogens with zero attached hydrogens (tertiary/aromatic N) is 1. The first-order valence-electron chi connectivity index (χ1n) is 7.28. The van der Waals surface area contributed by atoms with Gasteiger partial charge in [-0.25, -0.2) is 4.79 Å². The molecule has 0 saturated carbocycles. The van der Waals surface area contributed by atoms with Gasteiger partial charge < -0.3 is 15.2 Å². The van der Waals surface area contributed by atoms with Gasteiger partial charge in [0, 0.05) is 23.7 Å². The van der Waals surface area contributed by atoms with Gasteiger partial charge in [-0.05, 0) is 12.1 Å². The number of para-hydroxylation sites is 2. The zero-order valence-corrected chi connectivity index (χ0v) is 13.7. The van der Waals surface area contributed by atoms with E-state index in [1.165, 1.54) is 6.20 Å². The molecule has 0 atom stereocenters. The van der Waals surface area contributed by atoms with Crippen LogP contribution in [0, 0.1) is 0 Å². The van der Waals surface area contributed by atoms with Crippen LogP contribution in [0.15, 0.2) is 48.7 Å². The van der Waals surface area contributed by atoms with Gasteiger partial charge in [-0.15, -0.1) is 0 Å². The van der Waals surface area contributed by atoms with Crippen LogP contribution in [0.25, 0.3) is 10.9 Å². The highest BCUT2D eigenvalue weighted by Gasteiger charge is 2.15. The normalized spacial score (nSPS) is 10.6. The number of aromatic carboxylic acids is 1. The van der Waals surface area contributed by atoms with Gasteiger partial charge in [0.2, 0.25) is 0 Å². The molecule has 0 aliphatic carbocycles. The lowest BCUT2D eigenvalue weighted by Crippen LogP contribution is -2.08. The predicted molar refractivity (Wildman–Crippen MR) is 94.0 cm³/mol. The molecule has 0 unspecified atom stereocenters. The van der Waals surface area contributed by atoms with Gasteiger partial charge in [0.15, 0.2) is 0 Å². The summed E-state index contributed by atoms with van der Waals surface area (Å²) in [4.78, 5) is 15.7. The molecule has 2 N–H and O–H groups in total. The molecule has 0 amide bonds. The van der Waals surface area contributed by atoms with Crippen LogP contribution in [-0.2, 0) is 6.54 Å². The maximum atomic E-state index is 11.5. The van der Waals surface area contributed by atoms with Crippen molar-refractivity contribution in [2.75, 3.05) is 12.4 Å². The minimum absolute atomic E-state index is 0.120. The number of carbonyl (C=O) groups is 1. The molecule has 0 radical (unpaired) electrons. The van der Waals surface area contributed by atoms with Crippen molar-refractivity contribution in [1.29, 1.82) is 0 Å². The van der Waals surface area contributed by atoms with Crippen LogP contribution in [0.3, 0.4) is 0 Å². The standard InChI is InChI=1S/C18H15ClN2O3/c1-24-17-11(5-4-7-14(17)19)9-21-16-12-6-2-3-8-15(12)20-10-13(16)18(22)23/h2-8,10H,9H2,1H3,(H,20,21)(H,22,23). The largest absolute Gasteiger partial charge is 0.495 e. The Morgan fingerprint density at radius 3 is 2.79 bits per heavy atom. The highest BCUT2D eigenvalue weighted by molar-refractivity contribution is 6.32. The van der Waals surface area contributed by atoms with E-state index in [2.05, 4.69) is 10.3 Å². The Balaban J connectivity index is 2.02. The quantitative estimate of drug-likeness (QED) is 0.726. The molecule has 24 heavy (non-hydrogen) atoms. The number of methoxy groups -OCH3 is 1. The van der Waals surface area contributed by atoms with Crippen molar-refractivity contribution in [3.05, 3.63) is 64.8 Å². The fraction of sp³-hybridized carbons (Fsp3) is 0.111. The number of carboxylic acids is 1. The zero-order chi connectivity index (χ0) is 17.1. The van der Waals surface area contributed by atoms with Gasteiger partial charge >= 0.3 is 5.97 Å². The summed E-state index contributed by atoms with van der Waals surface area (Å²) in [5.74, 6) is -0.462. The van der Waals surface area contributed by atoms with Gasteiger partial charge in [0.25, 0.3) is 0 Å². The van der Waals surface area contributed by atoms with Crippen LogP contribution in [0.1, 0.15) is 15.9 Å². The van der Waals surface area contributed by atoms with Crippen molar-refractivity contribution < 1.29 is 14.6 Å². The Morgan fingerprint density at radius 2 is 2.04 bits per heavy atom. The molecule has 0 aliphatic heterocycles. The Labute approximate surface area is 143 Å². The van der Waals surface area contributed by atoms with E-state index in [9.17, 15) is 9.90 Å². The molecule has 0 fully saturated rings. The topological polar surface area (TPSA) is 71.5 Å². The van der Waals surface area contributed by atoms with Gasteiger partial charge in [-0.1, -0.05) is 41.9 Å². The summed E-state index contributed by atoms with van der Waals surface area (Å²) in [5.41, 5.74) is 2.20. The lowest BCUT2D eigenvalue weighted by atomic mass is 10.1. The third-order valence-electron chi connectivity index (χ3n) is 3.71. The van der Waals surface area contributed by atoms with Gasteiger partial charge in [0.1, 0.15) is 11.3 Å². The highest BCUT2D eigenvalue weighted by atomic mass is 35.5. The molecule has 0 spiro atoms. The molecule has 6 heteroatoms. The zero-order valence-electron chi connectivity index (χ0n) is 12.9. The summed E-state index contributed by atoms with van der Waals surface area (Å²) in [6.45, 7) is 0.373. The van der Waals surface area contributed by atoms with E-state index in [4.69, 9.17) is 16.3 Å². The van der Waals surface area contributed by atoms with Gasteiger partial charge in [0.05, 0.1) is 23.3 Å². The van der Waals surface area contributed by atoms with Crippen molar-refractivity contribution in [1.82, 2.24) is 4.98 Å². The van der Waals surface area contributed by atoms with E-state index >= 15 is 0 Å². The lowest BCUT2D eigenvalue weighted by Gasteiger charge is -2.15. The van der Waals surface area contributed by atoms with Crippen LogP contribution in [0.4, 0.5) is 5.69 Å². The molecule has 122 valence electrons. The van der Waals surface area contributed by atoms with E-state index in [1.807, 2.05) is 36.4 Å². The molecule has 5 nitrogen and oxygen atoms in total. The molecular weight excluding hydrogens is 328 g/mol. The SMILES string of the molecule is COc1c(Cl)cccc1CNc1c(C(=O)O)cnc2ccccc12. The molecule has 1 aromatic heterocycles. The minimum Gasteiger partial charge on any atom is -0.495 e. The molecule has 1 heterocycles. The molecule has 3 rings (SSSR count). The van der Waals surface area contributed by atoms with Crippen molar-refractivity contribution in [2.24, 2.45) is 0 Å². The highest BCUT2D eigenvalue weighted by Crippen LogP contribution is 2.31. The Kier molecular flexibility index (Phi) is 4.53.